The quantitative estimate of drug-likeness (QED) is 0.238. The third kappa shape index (κ3) is 5.11. The van der Waals surface area contributed by atoms with Crippen LogP contribution >= 0.6 is 11.6 Å². The average molecular weight is 648 g/mol. The van der Waals surface area contributed by atoms with Crippen LogP contribution in [-0.4, -0.2) is 58.1 Å². The van der Waals surface area contributed by atoms with Gasteiger partial charge in [0.15, 0.2) is 0 Å². The fraction of sp³-hybridized carbons (Fsp3) is 0.333. The second kappa shape index (κ2) is 10.6. The van der Waals surface area contributed by atoms with Gasteiger partial charge in [0.1, 0.15) is 40.5 Å². The summed E-state index contributed by atoms with van der Waals surface area (Å²) in [5.41, 5.74) is -0.526. The summed E-state index contributed by atoms with van der Waals surface area (Å²) in [5.74, 6) is -2.46. The van der Waals surface area contributed by atoms with E-state index in [4.69, 9.17) is 26.8 Å². The number of benzene rings is 2. The minimum atomic E-state index is -5.38. The first kappa shape index (κ1) is 30.6. The van der Waals surface area contributed by atoms with Crippen molar-refractivity contribution in [2.24, 2.45) is 5.73 Å². The van der Waals surface area contributed by atoms with Crippen LogP contribution in [0.2, 0.25) is 5.02 Å². The molecule has 10 nitrogen and oxygen atoms in total. The van der Waals surface area contributed by atoms with Gasteiger partial charge in [-0.05, 0) is 56.2 Å². The van der Waals surface area contributed by atoms with Crippen molar-refractivity contribution in [2.45, 2.75) is 43.0 Å². The molecule has 0 bridgehead atoms. The standard InChI is InChI=1S/C30H26ClF4N5O5/c1-28(27(36)42)13-45-25-18(28)10-22(38-24(25)14-3-6-20(32)19(31)8-14)29(43,30(33,34)35)12-37-26(41)15-7-16-11-40(17-4-5-17)39-23(16)21(9-15)44-2/h3,6-11,17,43H,4-5,12-13H2,1-2H3,(H2,36,42)(H,37,41)/t28-,29-/m0/s1. The highest BCUT2D eigenvalue weighted by molar-refractivity contribution is 6.31. The molecule has 1 aliphatic carbocycles. The SMILES string of the molecule is COc1cc(C(=O)NC[C@](O)(c2cc3c(c(-c4ccc(F)c(Cl)c4)n2)OC[C@]3(C)C(N)=O)C(F)(F)F)cc2cn(C3CC3)nc12. The van der Waals surface area contributed by atoms with E-state index < -0.39 is 47.1 Å². The van der Waals surface area contributed by atoms with E-state index in [2.05, 4.69) is 15.4 Å². The van der Waals surface area contributed by atoms with Crippen LogP contribution in [0.25, 0.3) is 22.2 Å². The fourth-order valence-corrected chi connectivity index (χ4v) is 5.40. The maximum Gasteiger partial charge on any atom is 0.424 e. The van der Waals surface area contributed by atoms with Crippen molar-refractivity contribution in [3.8, 4) is 22.8 Å². The van der Waals surface area contributed by atoms with Crippen molar-refractivity contribution in [2.75, 3.05) is 20.3 Å². The van der Waals surface area contributed by atoms with Gasteiger partial charge >= 0.3 is 6.18 Å². The molecule has 0 spiro atoms. The number of nitrogens with two attached hydrogens (primary N) is 1. The summed E-state index contributed by atoms with van der Waals surface area (Å²) >= 11 is 5.94. The Morgan fingerprint density at radius 1 is 1.24 bits per heavy atom. The minimum Gasteiger partial charge on any atom is -0.494 e. The third-order valence-electron chi connectivity index (χ3n) is 8.20. The first-order chi connectivity index (χ1) is 21.2. The smallest absolute Gasteiger partial charge is 0.424 e. The molecule has 2 aromatic heterocycles. The van der Waals surface area contributed by atoms with Gasteiger partial charge in [0, 0.05) is 28.3 Å². The van der Waals surface area contributed by atoms with Gasteiger partial charge in [0.25, 0.3) is 5.91 Å². The lowest BCUT2D eigenvalue weighted by molar-refractivity contribution is -0.265. The number of alkyl halides is 3. The molecule has 1 aliphatic heterocycles. The van der Waals surface area contributed by atoms with E-state index in [1.165, 1.54) is 32.2 Å². The van der Waals surface area contributed by atoms with Gasteiger partial charge in [-0.1, -0.05) is 11.6 Å². The van der Waals surface area contributed by atoms with Gasteiger partial charge in [0.05, 0.1) is 30.4 Å². The number of ether oxygens (including phenoxy) is 2. The number of nitrogens with one attached hydrogen (secondary N) is 1. The van der Waals surface area contributed by atoms with Gasteiger partial charge in [0.2, 0.25) is 11.5 Å². The fourth-order valence-electron chi connectivity index (χ4n) is 5.22. The Morgan fingerprint density at radius 2 is 1.98 bits per heavy atom. The minimum absolute atomic E-state index is 0.0301. The second-order valence-electron chi connectivity index (χ2n) is 11.3. The van der Waals surface area contributed by atoms with Crippen LogP contribution in [0.1, 0.15) is 47.4 Å². The largest absolute Gasteiger partial charge is 0.494 e. The predicted octanol–water partition coefficient (Wildman–Crippen LogP) is 4.55. The molecular formula is C30H26ClF4N5O5. The molecule has 2 aliphatic rings. The number of amides is 2. The first-order valence-corrected chi connectivity index (χ1v) is 14.1. The van der Waals surface area contributed by atoms with E-state index in [0.29, 0.717) is 10.9 Å². The van der Waals surface area contributed by atoms with Gasteiger partial charge < -0.3 is 25.6 Å². The molecule has 0 radical (unpaired) electrons. The zero-order chi connectivity index (χ0) is 32.5. The van der Waals surface area contributed by atoms with E-state index in [-0.39, 0.29) is 51.6 Å². The van der Waals surface area contributed by atoms with Crippen LogP contribution in [0.15, 0.2) is 42.6 Å². The molecule has 236 valence electrons. The van der Waals surface area contributed by atoms with Crippen molar-refractivity contribution in [1.29, 1.82) is 0 Å². The van der Waals surface area contributed by atoms with Gasteiger partial charge in [-0.25, -0.2) is 9.37 Å². The molecule has 45 heavy (non-hydrogen) atoms. The number of carbonyl (C=O) groups is 2. The number of hydrogen-bond acceptors (Lipinski definition) is 7. The molecule has 2 amide bonds. The molecule has 3 heterocycles. The molecule has 15 heteroatoms. The number of carbonyl (C=O) groups excluding carboxylic acids is 2. The predicted molar refractivity (Wildman–Crippen MR) is 154 cm³/mol. The Morgan fingerprint density at radius 3 is 2.60 bits per heavy atom. The second-order valence-corrected chi connectivity index (χ2v) is 11.8. The normalized spacial score (nSPS) is 19.1. The Bertz CT molecular complexity index is 1880. The number of methoxy groups -OCH3 is 1. The molecule has 0 saturated heterocycles. The molecule has 4 N–H and O–H groups in total. The van der Waals surface area contributed by atoms with E-state index in [1.807, 2.05) is 0 Å². The van der Waals surface area contributed by atoms with Crippen LogP contribution < -0.4 is 20.5 Å². The van der Waals surface area contributed by atoms with E-state index >= 15 is 0 Å². The lowest BCUT2D eigenvalue weighted by Gasteiger charge is -2.31. The van der Waals surface area contributed by atoms with Gasteiger partial charge in [-0.3, -0.25) is 14.3 Å². The van der Waals surface area contributed by atoms with E-state index in [1.54, 1.807) is 10.9 Å². The van der Waals surface area contributed by atoms with Crippen LogP contribution in [0.3, 0.4) is 0 Å². The Labute approximate surface area is 258 Å². The summed E-state index contributed by atoms with van der Waals surface area (Å²) < 4.78 is 71.0. The number of fused-ring (bicyclic) bond motifs is 2. The first-order valence-electron chi connectivity index (χ1n) is 13.7. The molecule has 2 atom stereocenters. The highest BCUT2D eigenvalue weighted by atomic mass is 35.5. The van der Waals surface area contributed by atoms with Crippen LogP contribution in [0.4, 0.5) is 17.6 Å². The number of pyridine rings is 1. The summed E-state index contributed by atoms with van der Waals surface area (Å²) in [5, 5.41) is 18.1. The number of rotatable bonds is 8. The highest BCUT2D eigenvalue weighted by Gasteiger charge is 2.57. The molecular weight excluding hydrogens is 622 g/mol. The van der Waals surface area contributed by atoms with Crippen LogP contribution in [-0.2, 0) is 15.8 Å². The molecule has 6 rings (SSSR count). The monoisotopic (exact) mass is 647 g/mol. The van der Waals surface area contributed by atoms with Crippen molar-refractivity contribution < 1.29 is 41.7 Å². The zero-order valence-electron chi connectivity index (χ0n) is 23.8. The number of primary amides is 1. The summed E-state index contributed by atoms with van der Waals surface area (Å²) in [6.07, 6.45) is -1.74. The van der Waals surface area contributed by atoms with Crippen LogP contribution in [0, 0.1) is 5.82 Å². The third-order valence-corrected chi connectivity index (χ3v) is 8.49. The average Bonchev–Trinajstić information content (AvgIpc) is 3.66. The Kier molecular flexibility index (Phi) is 7.20. The number of aliphatic hydroxyl groups is 1. The number of nitrogens with zero attached hydrogens (tertiary/aromatic N) is 3. The van der Waals surface area contributed by atoms with Crippen molar-refractivity contribution in [1.82, 2.24) is 20.1 Å². The molecule has 1 saturated carbocycles. The van der Waals surface area contributed by atoms with Gasteiger partial charge in [-0.15, -0.1) is 0 Å². The van der Waals surface area contributed by atoms with E-state index in [9.17, 15) is 32.3 Å². The lowest BCUT2D eigenvalue weighted by Crippen LogP contribution is -2.51. The molecule has 4 aromatic rings. The lowest BCUT2D eigenvalue weighted by atomic mass is 9.81. The topological polar surface area (TPSA) is 142 Å². The zero-order valence-corrected chi connectivity index (χ0v) is 24.6. The summed E-state index contributed by atoms with van der Waals surface area (Å²) in [6.45, 7) is -0.316. The molecule has 2 aromatic carbocycles. The van der Waals surface area contributed by atoms with Gasteiger partial charge in [-0.2, -0.15) is 18.3 Å². The van der Waals surface area contributed by atoms with Crippen molar-refractivity contribution in [3.05, 3.63) is 70.3 Å². The number of halogens is 5. The van der Waals surface area contributed by atoms with E-state index in [0.717, 1.165) is 31.0 Å². The number of hydrogen-bond donors (Lipinski definition) is 3. The highest BCUT2D eigenvalue weighted by Crippen LogP contribution is 2.48. The molecule has 1 fully saturated rings. The maximum atomic E-state index is 14.7. The summed E-state index contributed by atoms with van der Waals surface area (Å²) in [6, 6.07) is 7.23. The summed E-state index contributed by atoms with van der Waals surface area (Å²) in [4.78, 5) is 29.8. The van der Waals surface area contributed by atoms with Crippen molar-refractivity contribution in [3.63, 3.8) is 0 Å². The summed E-state index contributed by atoms with van der Waals surface area (Å²) in [7, 11) is 1.38. The molecule has 0 unspecified atom stereocenters. The maximum absolute atomic E-state index is 14.7. The van der Waals surface area contributed by atoms with Crippen molar-refractivity contribution >= 4 is 34.3 Å². The Hall–Kier alpha value is -4.43. The van der Waals surface area contributed by atoms with Crippen LogP contribution in [0.5, 0.6) is 11.5 Å². The number of aromatic nitrogens is 3. The Balaban J connectivity index is 1.41.